The molecule has 2 aromatic heterocycles. The average Bonchev–Trinajstić information content (AvgIpc) is 3.28. The van der Waals surface area contributed by atoms with Crippen LogP contribution in [-0.2, 0) is 0 Å². The third kappa shape index (κ3) is 5.01. The van der Waals surface area contributed by atoms with Crippen LogP contribution >= 0.6 is 0 Å². The van der Waals surface area contributed by atoms with Gasteiger partial charge >= 0.3 is 6.03 Å². The largest absolute Gasteiger partial charge is 0.348 e. The van der Waals surface area contributed by atoms with Crippen molar-refractivity contribution in [2.75, 3.05) is 10.6 Å². The minimum absolute atomic E-state index is 0.0735. The van der Waals surface area contributed by atoms with Crippen molar-refractivity contribution in [2.45, 2.75) is 51.1 Å². The van der Waals surface area contributed by atoms with Gasteiger partial charge < -0.3 is 16.0 Å². The van der Waals surface area contributed by atoms with E-state index in [0.29, 0.717) is 11.6 Å². The molecular formula is C26H29N7O. The van der Waals surface area contributed by atoms with Gasteiger partial charge in [-0.05, 0) is 49.6 Å². The van der Waals surface area contributed by atoms with Crippen molar-refractivity contribution in [1.29, 1.82) is 0 Å². The Morgan fingerprint density at radius 2 is 1.85 bits per heavy atom. The number of aromatic nitrogens is 4. The van der Waals surface area contributed by atoms with Crippen molar-refractivity contribution in [3.63, 3.8) is 0 Å². The van der Waals surface area contributed by atoms with E-state index >= 15 is 0 Å². The number of fused-ring (bicyclic) bond motifs is 1. The lowest BCUT2D eigenvalue weighted by Gasteiger charge is -2.22. The van der Waals surface area contributed by atoms with Crippen LogP contribution < -0.4 is 16.0 Å². The Balaban J connectivity index is 1.30. The zero-order chi connectivity index (χ0) is 23.3. The number of imidazole rings is 1. The number of hydrogen-bond donors (Lipinski definition) is 3. The first-order chi connectivity index (χ1) is 16.7. The summed E-state index contributed by atoms with van der Waals surface area (Å²) >= 11 is 0. The van der Waals surface area contributed by atoms with E-state index in [1.165, 1.54) is 19.3 Å². The molecule has 174 valence electrons. The van der Waals surface area contributed by atoms with Gasteiger partial charge in [0.1, 0.15) is 12.1 Å². The van der Waals surface area contributed by atoms with Gasteiger partial charge in [-0.15, -0.1) is 0 Å². The summed E-state index contributed by atoms with van der Waals surface area (Å²) < 4.78 is 1.92. The maximum absolute atomic E-state index is 12.4. The lowest BCUT2D eigenvalue weighted by Crippen LogP contribution is -2.38. The highest BCUT2D eigenvalue weighted by molar-refractivity contribution is 5.92. The molecule has 1 fully saturated rings. The quantitative estimate of drug-likeness (QED) is 0.360. The molecule has 34 heavy (non-hydrogen) atoms. The van der Waals surface area contributed by atoms with Crippen molar-refractivity contribution in [3.05, 3.63) is 72.7 Å². The van der Waals surface area contributed by atoms with E-state index in [9.17, 15) is 4.79 Å². The molecule has 0 saturated heterocycles. The fourth-order valence-electron chi connectivity index (χ4n) is 4.44. The number of carbonyl (C=O) groups is 1. The van der Waals surface area contributed by atoms with Gasteiger partial charge in [0.15, 0.2) is 0 Å². The summed E-state index contributed by atoms with van der Waals surface area (Å²) in [5.74, 6) is 1.27. The molecule has 1 atom stereocenters. The number of hydrogen-bond acceptors (Lipinski definition) is 5. The molecule has 8 nitrogen and oxygen atoms in total. The van der Waals surface area contributed by atoms with E-state index in [0.717, 1.165) is 35.3 Å². The summed E-state index contributed by atoms with van der Waals surface area (Å²) in [4.78, 5) is 26.0. The Hall–Kier alpha value is -3.94. The standard InChI is InChI=1S/C26H29N7O/c1-18(19-8-4-2-5-9-19)29-25-27-15-14-24(32-25)33-17-28-22-16-21(12-13-23(22)33)31-26(34)30-20-10-6-3-7-11-20/h2,4-5,8-9,12-18,20H,3,6-7,10-11H2,1H3,(H,27,29,32)(H2,30,31,34)/t18-/m0/s1. The molecule has 0 bridgehead atoms. The van der Waals surface area contributed by atoms with Crippen LogP contribution in [-0.4, -0.2) is 31.6 Å². The molecule has 0 spiro atoms. The van der Waals surface area contributed by atoms with Crippen LogP contribution in [0.3, 0.4) is 0 Å². The van der Waals surface area contributed by atoms with Crippen molar-refractivity contribution >= 4 is 28.7 Å². The van der Waals surface area contributed by atoms with Gasteiger partial charge in [0.25, 0.3) is 0 Å². The second-order valence-electron chi connectivity index (χ2n) is 8.77. The van der Waals surface area contributed by atoms with E-state index in [2.05, 4.69) is 50.0 Å². The molecule has 2 aromatic carbocycles. The highest BCUT2D eigenvalue weighted by Gasteiger charge is 2.16. The Labute approximate surface area is 198 Å². The van der Waals surface area contributed by atoms with Gasteiger partial charge in [-0.3, -0.25) is 4.57 Å². The lowest BCUT2D eigenvalue weighted by atomic mass is 9.96. The highest BCUT2D eigenvalue weighted by atomic mass is 16.2. The first kappa shape index (κ1) is 21.9. The normalized spacial score (nSPS) is 15.1. The Bertz CT molecular complexity index is 1260. The third-order valence-electron chi connectivity index (χ3n) is 6.28. The summed E-state index contributed by atoms with van der Waals surface area (Å²) in [6, 6.07) is 17.9. The van der Waals surface area contributed by atoms with Crippen molar-refractivity contribution in [3.8, 4) is 5.82 Å². The first-order valence-electron chi connectivity index (χ1n) is 11.9. The van der Waals surface area contributed by atoms with Crippen LogP contribution in [0, 0.1) is 0 Å². The van der Waals surface area contributed by atoms with Gasteiger partial charge in [-0.2, -0.15) is 4.98 Å². The Morgan fingerprint density at radius 1 is 1.03 bits per heavy atom. The molecule has 2 heterocycles. The molecule has 0 aliphatic heterocycles. The zero-order valence-electron chi connectivity index (χ0n) is 19.2. The lowest BCUT2D eigenvalue weighted by molar-refractivity contribution is 0.244. The molecule has 3 N–H and O–H groups in total. The van der Waals surface area contributed by atoms with Gasteiger partial charge in [0.2, 0.25) is 5.95 Å². The van der Waals surface area contributed by atoms with E-state index in [1.807, 2.05) is 47.0 Å². The van der Waals surface area contributed by atoms with Crippen LogP contribution in [0.1, 0.15) is 50.6 Å². The number of urea groups is 1. The summed E-state index contributed by atoms with van der Waals surface area (Å²) in [5, 5.41) is 9.38. The summed E-state index contributed by atoms with van der Waals surface area (Å²) in [5.41, 5.74) is 3.56. The minimum Gasteiger partial charge on any atom is -0.348 e. The number of nitrogens with zero attached hydrogens (tertiary/aromatic N) is 4. The monoisotopic (exact) mass is 455 g/mol. The van der Waals surface area contributed by atoms with Crippen LogP contribution in [0.15, 0.2) is 67.1 Å². The molecule has 8 heteroatoms. The van der Waals surface area contributed by atoms with Crippen molar-refractivity contribution in [1.82, 2.24) is 24.8 Å². The number of anilines is 2. The van der Waals surface area contributed by atoms with Gasteiger partial charge in [0, 0.05) is 17.9 Å². The van der Waals surface area contributed by atoms with Gasteiger partial charge in [-0.1, -0.05) is 49.6 Å². The maximum Gasteiger partial charge on any atom is 0.319 e. The van der Waals surface area contributed by atoms with Gasteiger partial charge in [-0.25, -0.2) is 14.8 Å². The highest BCUT2D eigenvalue weighted by Crippen LogP contribution is 2.23. The number of benzene rings is 2. The molecule has 2 amide bonds. The van der Waals surface area contributed by atoms with Crippen LogP contribution in [0.4, 0.5) is 16.4 Å². The number of carbonyl (C=O) groups excluding carboxylic acids is 1. The summed E-state index contributed by atoms with van der Waals surface area (Å²) in [6.07, 6.45) is 9.20. The van der Waals surface area contributed by atoms with E-state index in [1.54, 1.807) is 12.5 Å². The predicted molar refractivity (Wildman–Crippen MR) is 134 cm³/mol. The van der Waals surface area contributed by atoms with Crippen molar-refractivity contribution < 1.29 is 4.79 Å². The molecule has 1 aliphatic rings. The summed E-state index contributed by atoms with van der Waals surface area (Å²) in [6.45, 7) is 2.08. The SMILES string of the molecule is C[C@H](Nc1nccc(-n2cnc3cc(NC(=O)NC4CCCCC4)ccc32)n1)c1ccccc1. The predicted octanol–water partition coefficient (Wildman–Crippen LogP) is 5.44. The fraction of sp³-hybridized carbons (Fsp3) is 0.308. The molecule has 4 aromatic rings. The zero-order valence-corrected chi connectivity index (χ0v) is 19.2. The Morgan fingerprint density at radius 3 is 2.68 bits per heavy atom. The van der Waals surface area contributed by atoms with Gasteiger partial charge in [0.05, 0.1) is 17.1 Å². The van der Waals surface area contributed by atoms with E-state index in [4.69, 9.17) is 0 Å². The maximum atomic E-state index is 12.4. The second-order valence-corrected chi connectivity index (χ2v) is 8.77. The molecule has 5 rings (SSSR count). The Kier molecular flexibility index (Phi) is 6.38. The van der Waals surface area contributed by atoms with E-state index < -0.39 is 0 Å². The van der Waals surface area contributed by atoms with Crippen LogP contribution in [0.25, 0.3) is 16.9 Å². The average molecular weight is 456 g/mol. The third-order valence-corrected chi connectivity index (χ3v) is 6.28. The minimum atomic E-state index is -0.162. The molecule has 0 radical (unpaired) electrons. The smallest absolute Gasteiger partial charge is 0.319 e. The molecule has 1 aliphatic carbocycles. The fourth-order valence-corrected chi connectivity index (χ4v) is 4.44. The number of amides is 2. The topological polar surface area (TPSA) is 96.8 Å². The van der Waals surface area contributed by atoms with E-state index in [-0.39, 0.29) is 18.1 Å². The number of rotatable bonds is 6. The van der Waals surface area contributed by atoms with Crippen LogP contribution in [0.5, 0.6) is 0 Å². The van der Waals surface area contributed by atoms with Crippen molar-refractivity contribution in [2.24, 2.45) is 0 Å². The second kappa shape index (κ2) is 9.91. The molecular weight excluding hydrogens is 426 g/mol. The number of nitrogens with one attached hydrogen (secondary N) is 3. The summed E-state index contributed by atoms with van der Waals surface area (Å²) in [7, 11) is 0. The van der Waals surface area contributed by atoms with Crippen LogP contribution in [0.2, 0.25) is 0 Å². The first-order valence-corrected chi connectivity index (χ1v) is 11.9. The molecule has 1 saturated carbocycles. The molecule has 0 unspecified atom stereocenters.